The molecule has 0 bridgehead atoms. The van der Waals surface area contributed by atoms with Crippen molar-refractivity contribution in [3.8, 4) is 0 Å². The number of carbonyl (C=O) groups excluding carboxylic acids is 3. The summed E-state index contributed by atoms with van der Waals surface area (Å²) in [5.41, 5.74) is 6.56. The summed E-state index contributed by atoms with van der Waals surface area (Å²) in [6.45, 7) is 21.0. The Morgan fingerprint density at radius 2 is 1.57 bits per heavy atom. The molecule has 0 radical (unpaired) electrons. The zero-order valence-corrected chi connectivity index (χ0v) is 28.7. The molecule has 0 aromatic rings. The van der Waals surface area contributed by atoms with Crippen LogP contribution in [0.4, 0.5) is 0 Å². The van der Waals surface area contributed by atoms with Gasteiger partial charge in [0.15, 0.2) is 0 Å². The Morgan fingerprint density at radius 1 is 0.841 bits per heavy atom. The minimum absolute atomic E-state index is 0.0457. The first-order valence-corrected chi connectivity index (χ1v) is 17.5. The van der Waals surface area contributed by atoms with Crippen molar-refractivity contribution < 1.29 is 23.9 Å². The van der Waals surface area contributed by atoms with Crippen LogP contribution < -0.4 is 11.1 Å². The molecule has 5 aliphatic carbocycles. The number of rotatable bonds is 8. The van der Waals surface area contributed by atoms with Crippen LogP contribution in [0.5, 0.6) is 0 Å². The fourth-order valence-electron chi connectivity index (χ4n) is 12.7. The number of esters is 2. The Kier molecular flexibility index (Phi) is 8.92. The molecule has 5 aliphatic rings. The minimum atomic E-state index is -0.427. The minimum Gasteiger partial charge on any atom is -0.465 e. The lowest BCUT2D eigenvalue weighted by Gasteiger charge is -2.73. The van der Waals surface area contributed by atoms with E-state index in [0.717, 1.165) is 70.6 Å². The van der Waals surface area contributed by atoms with Crippen LogP contribution in [0.25, 0.3) is 0 Å². The summed E-state index contributed by atoms with van der Waals surface area (Å²) < 4.78 is 11.7. The first-order chi connectivity index (χ1) is 20.6. The molecule has 5 fully saturated rings. The van der Waals surface area contributed by atoms with Crippen molar-refractivity contribution in [2.75, 3.05) is 19.7 Å². The molecule has 0 saturated heterocycles. The van der Waals surface area contributed by atoms with Gasteiger partial charge in [-0.1, -0.05) is 39.8 Å². The summed E-state index contributed by atoms with van der Waals surface area (Å²) in [4.78, 5) is 38.3. The summed E-state index contributed by atoms with van der Waals surface area (Å²) in [6.07, 6.45) is 10.8. The fourth-order valence-corrected chi connectivity index (χ4v) is 12.7. The molecule has 7 nitrogen and oxygen atoms in total. The predicted octanol–water partition coefficient (Wildman–Crippen LogP) is 6.58. The smallest absolute Gasteiger partial charge is 0.302 e. The van der Waals surface area contributed by atoms with Gasteiger partial charge in [0.25, 0.3) is 0 Å². The Morgan fingerprint density at radius 3 is 2.20 bits per heavy atom. The average Bonchev–Trinajstić information content (AvgIpc) is 3.35. The van der Waals surface area contributed by atoms with Gasteiger partial charge in [0.05, 0.1) is 5.41 Å². The summed E-state index contributed by atoms with van der Waals surface area (Å²) >= 11 is 0. The first kappa shape index (κ1) is 33.5. The van der Waals surface area contributed by atoms with E-state index in [1.165, 1.54) is 19.4 Å². The molecule has 7 heteroatoms. The predicted molar refractivity (Wildman–Crippen MR) is 172 cm³/mol. The molecule has 5 rings (SSSR count). The van der Waals surface area contributed by atoms with Gasteiger partial charge in [0.1, 0.15) is 12.7 Å². The van der Waals surface area contributed by atoms with E-state index >= 15 is 0 Å². The molecule has 0 spiro atoms. The van der Waals surface area contributed by atoms with E-state index in [1.54, 1.807) is 0 Å². The van der Waals surface area contributed by atoms with Crippen molar-refractivity contribution in [3.05, 3.63) is 12.2 Å². The largest absolute Gasteiger partial charge is 0.465 e. The molecule has 0 heterocycles. The van der Waals surface area contributed by atoms with Gasteiger partial charge in [0.2, 0.25) is 5.91 Å². The van der Waals surface area contributed by atoms with Crippen LogP contribution in [0.15, 0.2) is 12.2 Å². The fraction of sp³-hybridized carbons (Fsp3) is 0.865. The molecule has 0 aromatic carbocycles. The second-order valence-electron chi connectivity index (χ2n) is 16.7. The SMILES string of the molecule is C=C(C)[C@@H]1CC[C@]2(C(=O)NCCCN)CC[C@]3(C)C(CC[C@@H]4[C@@]5(C)CC[C@H](OC(C)=O)[C@@](C)(COC(C)=O)[C@@H]5CC[C@]43C)[C@@H]12. The van der Waals surface area contributed by atoms with Crippen LogP contribution in [0.1, 0.15) is 119 Å². The highest BCUT2D eigenvalue weighted by molar-refractivity contribution is 5.84. The van der Waals surface area contributed by atoms with Crippen molar-refractivity contribution in [1.82, 2.24) is 5.32 Å². The van der Waals surface area contributed by atoms with E-state index in [-0.39, 0.29) is 58.1 Å². The summed E-state index contributed by atoms with van der Waals surface area (Å²) in [6, 6.07) is 0. The maximum absolute atomic E-state index is 14.1. The molecule has 1 unspecified atom stereocenters. The number of carbonyl (C=O) groups is 3. The number of fused-ring (bicyclic) bond motifs is 7. The monoisotopic (exact) mass is 612 g/mol. The van der Waals surface area contributed by atoms with E-state index in [4.69, 9.17) is 15.2 Å². The van der Waals surface area contributed by atoms with Crippen LogP contribution in [0.2, 0.25) is 0 Å². The number of ether oxygens (including phenoxy) is 2. The van der Waals surface area contributed by atoms with Gasteiger partial charge in [-0.25, -0.2) is 0 Å². The molecule has 248 valence electrons. The molecule has 5 saturated carbocycles. The van der Waals surface area contributed by atoms with Gasteiger partial charge >= 0.3 is 11.9 Å². The molecular formula is C37H60N2O5. The number of nitrogens with one attached hydrogen (secondary N) is 1. The van der Waals surface area contributed by atoms with Gasteiger partial charge < -0.3 is 20.5 Å². The molecule has 0 aromatic heterocycles. The van der Waals surface area contributed by atoms with Crippen molar-refractivity contribution >= 4 is 17.8 Å². The molecule has 0 aliphatic heterocycles. The van der Waals surface area contributed by atoms with Gasteiger partial charge in [-0.05, 0) is 130 Å². The number of hydrogen-bond acceptors (Lipinski definition) is 6. The quantitative estimate of drug-likeness (QED) is 0.182. The van der Waals surface area contributed by atoms with Crippen LogP contribution in [0, 0.1) is 56.7 Å². The summed E-state index contributed by atoms with van der Waals surface area (Å²) in [5, 5.41) is 3.32. The summed E-state index contributed by atoms with van der Waals surface area (Å²) in [7, 11) is 0. The van der Waals surface area contributed by atoms with Gasteiger partial charge in [0, 0.05) is 25.8 Å². The van der Waals surface area contributed by atoms with Crippen molar-refractivity contribution in [3.63, 3.8) is 0 Å². The van der Waals surface area contributed by atoms with Gasteiger partial charge in [-0.2, -0.15) is 0 Å². The average molecular weight is 613 g/mol. The van der Waals surface area contributed by atoms with Gasteiger partial charge in [-0.15, -0.1) is 0 Å². The normalized spacial score (nSPS) is 46.0. The molecule has 11 atom stereocenters. The zero-order valence-electron chi connectivity index (χ0n) is 28.7. The van der Waals surface area contributed by atoms with Gasteiger partial charge in [-0.3, -0.25) is 14.4 Å². The van der Waals surface area contributed by atoms with E-state index in [1.807, 2.05) is 0 Å². The molecule has 1 amide bonds. The van der Waals surface area contributed by atoms with E-state index in [9.17, 15) is 14.4 Å². The number of allylic oxidation sites excluding steroid dienone is 1. The van der Waals surface area contributed by atoms with Crippen LogP contribution in [-0.4, -0.2) is 43.6 Å². The Balaban J connectivity index is 1.50. The van der Waals surface area contributed by atoms with Crippen molar-refractivity contribution in [2.24, 2.45) is 62.4 Å². The lowest BCUT2D eigenvalue weighted by Crippen LogP contribution is -2.68. The molecule has 3 N–H and O–H groups in total. The maximum atomic E-state index is 14.1. The van der Waals surface area contributed by atoms with Crippen LogP contribution in [0.3, 0.4) is 0 Å². The van der Waals surface area contributed by atoms with Crippen molar-refractivity contribution in [1.29, 1.82) is 0 Å². The highest BCUT2D eigenvalue weighted by Gasteiger charge is 2.72. The third-order valence-electron chi connectivity index (χ3n) is 14.8. The summed E-state index contributed by atoms with van der Waals surface area (Å²) in [5.74, 6) is 1.71. The Hall–Kier alpha value is -1.89. The third-order valence-corrected chi connectivity index (χ3v) is 14.8. The van der Waals surface area contributed by atoms with Crippen molar-refractivity contribution in [2.45, 2.75) is 125 Å². The second kappa shape index (κ2) is 11.7. The molecule has 44 heavy (non-hydrogen) atoms. The number of amides is 1. The Bertz CT molecular complexity index is 1170. The lowest BCUT2D eigenvalue weighted by molar-refractivity contribution is -0.256. The lowest BCUT2D eigenvalue weighted by atomic mass is 9.32. The van der Waals surface area contributed by atoms with Crippen LogP contribution in [-0.2, 0) is 23.9 Å². The second-order valence-corrected chi connectivity index (χ2v) is 16.7. The number of nitrogens with two attached hydrogens (primary N) is 1. The first-order valence-electron chi connectivity index (χ1n) is 17.5. The van der Waals surface area contributed by atoms with Crippen LogP contribution >= 0.6 is 0 Å². The molecular weight excluding hydrogens is 552 g/mol. The standard InChI is InChI=1S/C37H60N2O5/c1-23(2)26-12-17-37(32(42)39-21-9-20-38)19-18-35(7)27(31(26)37)10-11-29-33(5)15-14-30(44-25(4)41)34(6,22-43-24(3)40)28(33)13-16-36(29,35)8/h26-31H,1,9-22,38H2,2-8H3,(H,39,42)/t26-,27?,28+,29+,30-,31+,33-,34-,35+,36+,37-/m0/s1. The highest BCUT2D eigenvalue weighted by atomic mass is 16.6. The van der Waals surface area contributed by atoms with E-state index in [0.29, 0.717) is 36.8 Å². The highest BCUT2D eigenvalue weighted by Crippen LogP contribution is 2.77. The number of hydrogen-bond donors (Lipinski definition) is 2. The third kappa shape index (κ3) is 4.88. The Labute approximate surface area is 266 Å². The van der Waals surface area contributed by atoms with E-state index in [2.05, 4.69) is 46.5 Å². The van der Waals surface area contributed by atoms with E-state index < -0.39 is 5.41 Å². The zero-order chi connectivity index (χ0) is 32.3. The topological polar surface area (TPSA) is 108 Å². The maximum Gasteiger partial charge on any atom is 0.302 e.